The summed E-state index contributed by atoms with van der Waals surface area (Å²) < 4.78 is 5.17. The number of carbonyl (C=O) groups excluding carboxylic acids is 1. The maximum atomic E-state index is 11.5. The zero-order valence-electron chi connectivity index (χ0n) is 12.4. The van der Waals surface area contributed by atoms with E-state index in [1.54, 1.807) is 0 Å². The molecular formula is C16H25ClN2O2. The molecule has 1 aromatic rings. The molecule has 1 aliphatic heterocycles. The second kappa shape index (κ2) is 10.5. The molecule has 21 heavy (non-hydrogen) atoms. The number of amides is 1. The number of rotatable bonds is 6. The lowest BCUT2D eigenvalue weighted by atomic mass is 10.1. The van der Waals surface area contributed by atoms with E-state index in [-0.39, 0.29) is 18.5 Å². The van der Waals surface area contributed by atoms with Crippen LogP contribution >= 0.6 is 12.4 Å². The predicted octanol–water partition coefficient (Wildman–Crippen LogP) is 2.86. The van der Waals surface area contributed by atoms with Crippen LogP contribution in [0.2, 0.25) is 0 Å². The lowest BCUT2D eigenvalue weighted by Crippen LogP contribution is -2.37. The molecule has 1 aliphatic rings. The Kier molecular flexibility index (Phi) is 8.87. The average molecular weight is 313 g/mol. The highest BCUT2D eigenvalue weighted by Crippen LogP contribution is 2.07. The van der Waals surface area contributed by atoms with Gasteiger partial charge in [-0.25, -0.2) is 4.79 Å². The molecule has 0 saturated carbocycles. The normalized spacial score (nSPS) is 15.0. The standard InChI is InChI=1S/C16H24N2O2.ClH/c19-16(17-10-13-18-11-5-2-6-12-18)20-14-9-15-7-3-1-4-8-15;/h1,3-4,7-8H,2,5-6,9-14H2,(H,17,19);1H. The van der Waals surface area contributed by atoms with Gasteiger partial charge < -0.3 is 15.0 Å². The van der Waals surface area contributed by atoms with E-state index in [1.165, 1.54) is 24.8 Å². The van der Waals surface area contributed by atoms with Crippen molar-refractivity contribution in [2.75, 3.05) is 32.8 Å². The Labute approximate surface area is 133 Å². The van der Waals surface area contributed by atoms with Crippen molar-refractivity contribution in [3.8, 4) is 0 Å². The predicted molar refractivity (Wildman–Crippen MR) is 87.0 cm³/mol. The molecule has 0 aromatic heterocycles. The first kappa shape index (κ1) is 17.8. The molecule has 1 fully saturated rings. The van der Waals surface area contributed by atoms with Crippen molar-refractivity contribution in [3.63, 3.8) is 0 Å². The number of hydrogen-bond acceptors (Lipinski definition) is 3. The third-order valence-electron chi connectivity index (χ3n) is 3.61. The van der Waals surface area contributed by atoms with E-state index in [4.69, 9.17) is 4.74 Å². The molecule has 1 N–H and O–H groups in total. The molecule has 0 unspecified atom stereocenters. The summed E-state index contributed by atoms with van der Waals surface area (Å²) in [6, 6.07) is 10.1. The van der Waals surface area contributed by atoms with Crippen molar-refractivity contribution in [1.29, 1.82) is 0 Å². The number of carbonyl (C=O) groups is 1. The van der Waals surface area contributed by atoms with Crippen LogP contribution in [0, 0.1) is 0 Å². The van der Waals surface area contributed by atoms with E-state index < -0.39 is 0 Å². The molecule has 0 aliphatic carbocycles. The number of likely N-dealkylation sites (tertiary alicyclic amines) is 1. The Morgan fingerprint density at radius 3 is 2.57 bits per heavy atom. The molecule has 1 heterocycles. The quantitative estimate of drug-likeness (QED) is 0.878. The highest BCUT2D eigenvalue weighted by molar-refractivity contribution is 5.85. The lowest BCUT2D eigenvalue weighted by Gasteiger charge is -2.26. The Hall–Kier alpha value is -1.26. The fraction of sp³-hybridized carbons (Fsp3) is 0.562. The third kappa shape index (κ3) is 7.34. The van der Waals surface area contributed by atoms with Crippen molar-refractivity contribution < 1.29 is 9.53 Å². The Bertz CT molecular complexity index is 395. The third-order valence-corrected chi connectivity index (χ3v) is 3.61. The van der Waals surface area contributed by atoms with Crippen LogP contribution < -0.4 is 5.32 Å². The van der Waals surface area contributed by atoms with E-state index in [9.17, 15) is 4.79 Å². The number of ether oxygens (including phenoxy) is 1. The van der Waals surface area contributed by atoms with Gasteiger partial charge >= 0.3 is 6.09 Å². The number of halogens is 1. The van der Waals surface area contributed by atoms with Gasteiger partial charge in [0.15, 0.2) is 0 Å². The number of piperidine rings is 1. The van der Waals surface area contributed by atoms with E-state index >= 15 is 0 Å². The van der Waals surface area contributed by atoms with Gasteiger partial charge in [0.2, 0.25) is 0 Å². The van der Waals surface area contributed by atoms with Crippen LogP contribution in [0.1, 0.15) is 24.8 Å². The summed E-state index contributed by atoms with van der Waals surface area (Å²) in [4.78, 5) is 13.9. The minimum Gasteiger partial charge on any atom is -0.449 e. The maximum Gasteiger partial charge on any atom is 0.407 e. The maximum absolute atomic E-state index is 11.5. The number of nitrogens with one attached hydrogen (secondary N) is 1. The monoisotopic (exact) mass is 312 g/mol. The van der Waals surface area contributed by atoms with E-state index in [0.29, 0.717) is 13.2 Å². The molecule has 0 bridgehead atoms. The summed E-state index contributed by atoms with van der Waals surface area (Å²) in [5, 5.41) is 2.81. The minimum atomic E-state index is -0.307. The van der Waals surface area contributed by atoms with E-state index in [2.05, 4.69) is 10.2 Å². The lowest BCUT2D eigenvalue weighted by molar-refractivity contribution is 0.144. The molecule has 0 spiro atoms. The van der Waals surface area contributed by atoms with Crippen molar-refractivity contribution in [2.24, 2.45) is 0 Å². The van der Waals surface area contributed by atoms with Gasteiger partial charge in [0.25, 0.3) is 0 Å². The zero-order valence-corrected chi connectivity index (χ0v) is 13.2. The number of nitrogens with zero attached hydrogens (tertiary/aromatic N) is 1. The Morgan fingerprint density at radius 2 is 1.86 bits per heavy atom. The molecule has 0 atom stereocenters. The molecule has 2 rings (SSSR count). The number of alkyl carbamates (subject to hydrolysis) is 1. The topological polar surface area (TPSA) is 41.6 Å². The first-order valence-electron chi connectivity index (χ1n) is 7.51. The van der Waals surface area contributed by atoms with Crippen molar-refractivity contribution in [1.82, 2.24) is 10.2 Å². The van der Waals surface area contributed by atoms with Gasteiger partial charge in [-0.1, -0.05) is 36.8 Å². The minimum absolute atomic E-state index is 0. The summed E-state index contributed by atoms with van der Waals surface area (Å²) in [7, 11) is 0. The summed E-state index contributed by atoms with van der Waals surface area (Å²) >= 11 is 0. The Balaban J connectivity index is 0.00000220. The molecule has 1 saturated heterocycles. The van der Waals surface area contributed by atoms with Gasteiger partial charge in [-0.3, -0.25) is 0 Å². The summed E-state index contributed by atoms with van der Waals surface area (Å²) in [6.45, 7) is 4.34. The smallest absolute Gasteiger partial charge is 0.407 e. The zero-order chi connectivity index (χ0) is 14.0. The van der Waals surface area contributed by atoms with Gasteiger partial charge in [0.1, 0.15) is 0 Å². The second-order valence-electron chi connectivity index (χ2n) is 5.20. The fourth-order valence-electron chi connectivity index (χ4n) is 2.46. The molecule has 1 amide bonds. The molecule has 1 aromatic carbocycles. The van der Waals surface area contributed by atoms with Crippen molar-refractivity contribution >= 4 is 18.5 Å². The van der Waals surface area contributed by atoms with Gasteiger partial charge in [0.05, 0.1) is 6.61 Å². The highest BCUT2D eigenvalue weighted by Gasteiger charge is 2.10. The number of hydrogen-bond donors (Lipinski definition) is 1. The van der Waals surface area contributed by atoms with Gasteiger partial charge in [-0.15, -0.1) is 12.4 Å². The molecule has 4 nitrogen and oxygen atoms in total. The Morgan fingerprint density at radius 1 is 1.14 bits per heavy atom. The second-order valence-corrected chi connectivity index (χ2v) is 5.20. The molecular weight excluding hydrogens is 288 g/mol. The summed E-state index contributed by atoms with van der Waals surface area (Å²) in [6.07, 6.45) is 4.35. The van der Waals surface area contributed by atoms with Crippen LogP contribution in [0.25, 0.3) is 0 Å². The first-order chi connectivity index (χ1) is 9.84. The molecule has 118 valence electrons. The number of benzene rings is 1. The SMILES string of the molecule is Cl.O=C(NCCN1CCCCC1)OCCc1ccccc1. The van der Waals surface area contributed by atoms with Crippen molar-refractivity contribution in [2.45, 2.75) is 25.7 Å². The van der Waals surface area contributed by atoms with Gasteiger partial charge in [-0.2, -0.15) is 0 Å². The van der Waals surface area contributed by atoms with Crippen LogP contribution in [0.4, 0.5) is 4.79 Å². The first-order valence-corrected chi connectivity index (χ1v) is 7.51. The van der Waals surface area contributed by atoms with Crippen LogP contribution in [-0.4, -0.2) is 43.8 Å². The van der Waals surface area contributed by atoms with Crippen LogP contribution in [0.15, 0.2) is 30.3 Å². The molecule has 0 radical (unpaired) electrons. The van der Waals surface area contributed by atoms with Crippen molar-refractivity contribution in [3.05, 3.63) is 35.9 Å². The van der Waals surface area contributed by atoms with Gasteiger partial charge in [0, 0.05) is 19.5 Å². The van der Waals surface area contributed by atoms with Gasteiger partial charge in [-0.05, 0) is 31.5 Å². The van der Waals surface area contributed by atoms with Crippen LogP contribution in [-0.2, 0) is 11.2 Å². The average Bonchev–Trinajstić information content (AvgIpc) is 2.49. The highest BCUT2D eigenvalue weighted by atomic mass is 35.5. The summed E-state index contributed by atoms with van der Waals surface area (Å²) in [5.41, 5.74) is 1.19. The fourth-order valence-corrected chi connectivity index (χ4v) is 2.46. The van der Waals surface area contributed by atoms with E-state index in [1.807, 2.05) is 30.3 Å². The van der Waals surface area contributed by atoms with Crippen LogP contribution in [0.3, 0.4) is 0 Å². The largest absolute Gasteiger partial charge is 0.449 e. The van der Waals surface area contributed by atoms with E-state index in [0.717, 1.165) is 26.1 Å². The van der Waals surface area contributed by atoms with Crippen LogP contribution in [0.5, 0.6) is 0 Å². The summed E-state index contributed by atoms with van der Waals surface area (Å²) in [5.74, 6) is 0. The molecule has 5 heteroatoms.